The molecule has 192 valence electrons. The number of aromatic nitrogens is 2. The normalized spacial score (nSPS) is 15.6. The van der Waals surface area contributed by atoms with Crippen LogP contribution in [0.3, 0.4) is 0 Å². The number of aryl methyl sites for hydroxylation is 1. The van der Waals surface area contributed by atoms with Crippen LogP contribution in [0.2, 0.25) is 0 Å². The minimum atomic E-state index is -0.392. The van der Waals surface area contributed by atoms with E-state index < -0.39 is 5.97 Å². The number of ether oxygens (including phenoxy) is 1. The van der Waals surface area contributed by atoms with E-state index in [1.165, 1.54) is 18.9 Å². The van der Waals surface area contributed by atoms with Crippen molar-refractivity contribution in [2.75, 3.05) is 7.11 Å². The van der Waals surface area contributed by atoms with Crippen LogP contribution < -0.4 is 9.97 Å². The molecule has 2 aliphatic rings. The van der Waals surface area contributed by atoms with Crippen LogP contribution in [-0.2, 0) is 29.0 Å². The Bertz CT molecular complexity index is 1620. The molecule has 2 aromatic carbocycles. The smallest absolute Gasteiger partial charge is 0.664 e. The monoisotopic (exact) mass is 574 g/mol. The van der Waals surface area contributed by atoms with Gasteiger partial charge >= 0.3 is 25.4 Å². The molecule has 40 heavy (non-hydrogen) atoms. The summed E-state index contributed by atoms with van der Waals surface area (Å²) in [6.45, 7) is 2.05. The van der Waals surface area contributed by atoms with E-state index in [1.54, 1.807) is 12.3 Å². The first-order valence-corrected chi connectivity index (χ1v) is 12.5. The van der Waals surface area contributed by atoms with Gasteiger partial charge < -0.3 is 14.7 Å². The Balaban J connectivity index is 0.000000182. The Morgan fingerprint density at radius 2 is 1.48 bits per heavy atom. The maximum absolute atomic E-state index is 11.6. The van der Waals surface area contributed by atoms with E-state index in [-0.39, 0.29) is 19.5 Å². The molecule has 0 aliphatic carbocycles. The molecule has 0 amide bonds. The van der Waals surface area contributed by atoms with Crippen LogP contribution >= 0.6 is 0 Å². The third-order valence-electron chi connectivity index (χ3n) is 6.08. The summed E-state index contributed by atoms with van der Waals surface area (Å²) in [7, 11) is 1.36. The van der Waals surface area contributed by atoms with Crippen molar-refractivity contribution in [1.82, 2.24) is 9.97 Å². The summed E-state index contributed by atoms with van der Waals surface area (Å²) in [5, 5.41) is 0. The largest absolute Gasteiger partial charge is 2.00 e. The number of hydrogen-bond acceptors (Lipinski definition) is 4. The van der Waals surface area contributed by atoms with Gasteiger partial charge in [0.25, 0.3) is 0 Å². The van der Waals surface area contributed by atoms with E-state index in [4.69, 9.17) is 4.74 Å². The number of aliphatic imine (C=N–C) groups is 2. The van der Waals surface area contributed by atoms with E-state index in [1.807, 2.05) is 85.2 Å². The summed E-state index contributed by atoms with van der Waals surface area (Å²) < 4.78 is 4.72. The molecule has 7 heteroatoms. The van der Waals surface area contributed by atoms with Gasteiger partial charge in [-0.15, -0.1) is 11.4 Å². The van der Waals surface area contributed by atoms with Crippen LogP contribution in [0, 0.1) is 6.92 Å². The van der Waals surface area contributed by atoms with Gasteiger partial charge in [0, 0.05) is 12.4 Å². The van der Waals surface area contributed by atoms with Crippen LogP contribution in [0.1, 0.15) is 28.1 Å². The van der Waals surface area contributed by atoms with Gasteiger partial charge in [0.2, 0.25) is 0 Å². The number of methoxy groups -OCH3 is 1. The average molecular weight is 576 g/mol. The molecule has 2 aromatic heterocycles. The molecule has 0 fully saturated rings. The standard InChI is InChI=1S/C17H14N2O2.C16H13N2.Zn/c1-21-17(20)13-10-15(19-11-13)16(14-8-5-9-18-14)12-6-3-2-4-7-12;1-12-10-15(18-11-12)16(14-8-5-9-17-14)13-6-3-2-4-7-13;/h2-11H,1H3,(H,18,19,20);2-11H,1H3;/q;-1;+2/p-1/b;16-14-;. The summed E-state index contributed by atoms with van der Waals surface area (Å²) in [5.41, 5.74) is 9.25. The fourth-order valence-corrected chi connectivity index (χ4v) is 4.29. The Labute approximate surface area is 246 Å². The third kappa shape index (κ3) is 6.51. The van der Waals surface area contributed by atoms with Gasteiger partial charge in [-0.05, 0) is 47.4 Å². The zero-order chi connectivity index (χ0) is 27.0. The molecule has 0 radical (unpaired) electrons. The molecule has 6 rings (SSSR count). The van der Waals surface area contributed by atoms with Crippen molar-refractivity contribution < 1.29 is 29.0 Å². The number of allylic oxidation sites excluding steroid dienone is 3. The number of benzene rings is 2. The second-order valence-corrected chi connectivity index (χ2v) is 8.79. The fraction of sp³-hybridized carbons (Fsp3) is 0.0606. The summed E-state index contributed by atoms with van der Waals surface area (Å²) in [5.74, 6) is -0.392. The van der Waals surface area contributed by atoms with Gasteiger partial charge in [0.05, 0.1) is 24.1 Å². The number of carbonyl (C=O) groups excluding carboxylic acids is 1. The third-order valence-corrected chi connectivity index (χ3v) is 6.08. The Morgan fingerprint density at radius 3 is 2.00 bits per heavy atom. The average Bonchev–Trinajstić information content (AvgIpc) is 3.80. The van der Waals surface area contributed by atoms with Gasteiger partial charge in [-0.25, -0.2) is 4.79 Å². The maximum atomic E-state index is 11.6. The first-order valence-electron chi connectivity index (χ1n) is 12.5. The molecule has 0 bridgehead atoms. The van der Waals surface area contributed by atoms with Crippen molar-refractivity contribution in [2.45, 2.75) is 6.92 Å². The first-order chi connectivity index (χ1) is 19.1. The van der Waals surface area contributed by atoms with Crippen molar-refractivity contribution in [2.24, 2.45) is 9.98 Å². The van der Waals surface area contributed by atoms with Gasteiger partial charge in [-0.1, -0.05) is 84.4 Å². The molecule has 6 nitrogen and oxygen atoms in total. The van der Waals surface area contributed by atoms with Crippen LogP contribution in [0.5, 0.6) is 0 Å². The van der Waals surface area contributed by atoms with Gasteiger partial charge in [-0.2, -0.15) is 12.4 Å². The van der Waals surface area contributed by atoms with Crippen LogP contribution in [0.25, 0.3) is 11.1 Å². The zero-order valence-corrected chi connectivity index (χ0v) is 25.3. The van der Waals surface area contributed by atoms with E-state index in [0.29, 0.717) is 11.3 Å². The molecule has 0 saturated carbocycles. The number of nitrogens with zero attached hydrogens (tertiary/aromatic N) is 4. The molecule has 2 aliphatic heterocycles. The van der Waals surface area contributed by atoms with Gasteiger partial charge in [0.1, 0.15) is 0 Å². The Hall–Kier alpha value is -4.61. The van der Waals surface area contributed by atoms with E-state index >= 15 is 0 Å². The molecular formula is C33H26N4O2Zn. The maximum Gasteiger partial charge on any atom is 2.00 e. The van der Waals surface area contributed by atoms with Crippen LogP contribution in [-0.4, -0.2) is 25.5 Å². The first kappa shape index (κ1) is 28.4. The molecular weight excluding hydrogens is 550 g/mol. The Kier molecular flexibility index (Phi) is 9.55. The fourth-order valence-electron chi connectivity index (χ4n) is 4.29. The van der Waals surface area contributed by atoms with Crippen LogP contribution in [0.15, 0.2) is 136 Å². The van der Waals surface area contributed by atoms with Crippen molar-refractivity contribution in [3.63, 3.8) is 0 Å². The van der Waals surface area contributed by atoms with Crippen molar-refractivity contribution in [3.8, 4) is 0 Å². The van der Waals surface area contributed by atoms with Crippen molar-refractivity contribution >= 4 is 29.5 Å². The summed E-state index contributed by atoms with van der Waals surface area (Å²) in [4.78, 5) is 29.1. The van der Waals surface area contributed by atoms with Crippen molar-refractivity contribution in [3.05, 3.63) is 155 Å². The number of rotatable bonds is 5. The summed E-state index contributed by atoms with van der Waals surface area (Å²) in [6, 6.07) is 26.0. The molecule has 4 aromatic rings. The second kappa shape index (κ2) is 13.5. The second-order valence-electron chi connectivity index (χ2n) is 8.79. The molecule has 0 N–H and O–H groups in total. The van der Waals surface area contributed by atoms with Crippen LogP contribution in [0.4, 0.5) is 0 Å². The molecule has 0 unspecified atom stereocenters. The van der Waals surface area contributed by atoms with Crippen molar-refractivity contribution in [1.29, 1.82) is 0 Å². The molecule has 0 saturated heterocycles. The quantitative estimate of drug-likeness (QED) is 0.218. The zero-order valence-electron chi connectivity index (χ0n) is 22.4. The summed E-state index contributed by atoms with van der Waals surface area (Å²) >= 11 is 0. The van der Waals surface area contributed by atoms with Gasteiger partial charge in [-0.3, -0.25) is 9.98 Å². The van der Waals surface area contributed by atoms with E-state index in [0.717, 1.165) is 39.4 Å². The van der Waals surface area contributed by atoms with E-state index in [9.17, 15) is 4.79 Å². The minimum Gasteiger partial charge on any atom is -0.664 e. The predicted molar refractivity (Wildman–Crippen MR) is 155 cm³/mol. The molecule has 0 spiro atoms. The number of esters is 1. The molecule has 4 heterocycles. The summed E-state index contributed by atoms with van der Waals surface area (Å²) in [6.07, 6.45) is 12.7. The number of hydrogen-bond donors (Lipinski definition) is 0. The van der Waals surface area contributed by atoms with E-state index in [2.05, 4.69) is 45.1 Å². The predicted octanol–water partition coefficient (Wildman–Crippen LogP) is 5.94. The molecule has 0 atom stereocenters. The van der Waals surface area contributed by atoms with Gasteiger partial charge in [0.15, 0.2) is 0 Å². The minimum absolute atomic E-state index is 0. The Morgan fingerprint density at radius 1 is 0.800 bits per heavy atom. The number of carbonyl (C=O) groups is 1. The SMILES string of the molecule is COC(=O)C1=C/C(=C(\c2ccccc2)c2ccc[n-]2)N=C1.Cc1c[n-]c(/C(=C2/C=CC=N2)c2ccccc2)c1.[Zn+2]. The topological polar surface area (TPSA) is 79.2 Å².